The first-order valence-electron chi connectivity index (χ1n) is 11.6. The Morgan fingerprint density at radius 1 is 1.03 bits per heavy atom. The molecule has 0 radical (unpaired) electrons. The predicted molar refractivity (Wildman–Crippen MR) is 140 cm³/mol. The van der Waals surface area contributed by atoms with E-state index >= 15 is 0 Å². The molecule has 11 heteroatoms. The molecule has 0 saturated heterocycles. The van der Waals surface area contributed by atoms with Gasteiger partial charge in [-0.15, -0.1) is 0 Å². The lowest BCUT2D eigenvalue weighted by atomic mass is 9.91. The topological polar surface area (TPSA) is 128 Å². The smallest absolute Gasteiger partial charge is 0.294 e. The Labute approximate surface area is 221 Å². The molecule has 0 unspecified atom stereocenters. The van der Waals surface area contributed by atoms with Crippen molar-refractivity contribution in [2.24, 2.45) is 0 Å². The number of ether oxygens (including phenoxy) is 3. The minimum Gasteiger partial charge on any atom is -0.491 e. The maximum atomic E-state index is 11.9. The molecule has 0 atom stereocenters. The van der Waals surface area contributed by atoms with Gasteiger partial charge in [0, 0.05) is 5.41 Å². The van der Waals surface area contributed by atoms with E-state index in [2.05, 4.69) is 10.2 Å². The highest BCUT2D eigenvalue weighted by Crippen LogP contribution is 2.33. The van der Waals surface area contributed by atoms with Crippen LogP contribution in [0.1, 0.15) is 43.2 Å². The van der Waals surface area contributed by atoms with E-state index in [1.807, 2.05) is 39.8 Å². The van der Waals surface area contributed by atoms with Crippen molar-refractivity contribution < 1.29 is 27.2 Å². The Morgan fingerprint density at radius 3 is 2.38 bits per heavy atom. The fourth-order valence-corrected chi connectivity index (χ4v) is 4.47. The van der Waals surface area contributed by atoms with Gasteiger partial charge < -0.3 is 14.2 Å². The lowest BCUT2D eigenvalue weighted by molar-refractivity contribution is 0.102. The van der Waals surface area contributed by atoms with Crippen LogP contribution < -0.4 is 15.0 Å². The highest BCUT2D eigenvalue weighted by molar-refractivity contribution is 7.85. The molecular formula is C26H31ClN2O7S. The van der Waals surface area contributed by atoms with E-state index in [-0.39, 0.29) is 34.3 Å². The number of aryl methyl sites for hydroxylation is 1. The zero-order valence-corrected chi connectivity index (χ0v) is 22.8. The third-order valence-electron chi connectivity index (χ3n) is 5.41. The number of aromatic amines is 1. The summed E-state index contributed by atoms with van der Waals surface area (Å²) in [5.74, 6) is 0.913. The number of hydrogen-bond donors (Lipinski definition) is 2. The van der Waals surface area contributed by atoms with Crippen molar-refractivity contribution in [2.45, 2.75) is 51.0 Å². The lowest BCUT2D eigenvalue weighted by Crippen LogP contribution is -2.22. The molecule has 3 rings (SSSR count). The van der Waals surface area contributed by atoms with Crippen LogP contribution in [0.3, 0.4) is 0 Å². The molecule has 0 amide bonds. The number of benzene rings is 2. The normalized spacial score (nSPS) is 11.9. The summed E-state index contributed by atoms with van der Waals surface area (Å²) in [6.45, 7) is 8.79. The van der Waals surface area contributed by atoms with Crippen LogP contribution >= 0.6 is 11.6 Å². The lowest BCUT2D eigenvalue weighted by Gasteiger charge is -2.21. The average Bonchev–Trinajstić information content (AvgIpc) is 2.81. The van der Waals surface area contributed by atoms with Gasteiger partial charge in [-0.2, -0.15) is 13.5 Å². The van der Waals surface area contributed by atoms with E-state index in [9.17, 15) is 17.8 Å². The Balaban J connectivity index is 1.47. The summed E-state index contributed by atoms with van der Waals surface area (Å²) in [4.78, 5) is 11.8. The molecular weight excluding hydrogens is 520 g/mol. The number of rotatable bonds is 11. The summed E-state index contributed by atoms with van der Waals surface area (Å²) in [6.07, 6.45) is 0.343. The number of H-pyrrole nitrogens is 1. The van der Waals surface area contributed by atoms with Crippen LogP contribution in [0.15, 0.2) is 52.2 Å². The van der Waals surface area contributed by atoms with Crippen molar-refractivity contribution in [3.63, 3.8) is 0 Å². The molecule has 200 valence electrons. The largest absolute Gasteiger partial charge is 0.491 e. The van der Waals surface area contributed by atoms with Crippen LogP contribution in [-0.2, 0) is 33.3 Å². The summed E-state index contributed by atoms with van der Waals surface area (Å²) in [6, 6.07) is 12.0. The molecule has 9 nitrogen and oxygen atoms in total. The summed E-state index contributed by atoms with van der Waals surface area (Å²) in [5, 5.41) is 6.47. The van der Waals surface area contributed by atoms with E-state index in [0.29, 0.717) is 36.6 Å². The van der Waals surface area contributed by atoms with E-state index in [1.54, 1.807) is 24.3 Å². The molecule has 0 spiro atoms. The first kappa shape index (κ1) is 28.6. The predicted octanol–water partition coefficient (Wildman–Crippen LogP) is 4.49. The number of nitrogens with zero attached hydrogens (tertiary/aromatic N) is 1. The molecule has 0 aliphatic carbocycles. The summed E-state index contributed by atoms with van der Waals surface area (Å²) in [7, 11) is -4.28. The Morgan fingerprint density at radius 2 is 1.73 bits per heavy atom. The van der Waals surface area contributed by atoms with Crippen molar-refractivity contribution in [2.75, 3.05) is 19.8 Å². The molecule has 1 aromatic heterocycles. The van der Waals surface area contributed by atoms with Gasteiger partial charge in [0.2, 0.25) is 0 Å². The van der Waals surface area contributed by atoms with Crippen LogP contribution in [-0.4, -0.2) is 43.0 Å². The summed E-state index contributed by atoms with van der Waals surface area (Å²) < 4.78 is 49.6. The number of aromatic nitrogens is 2. The second-order valence-electron chi connectivity index (χ2n) is 9.52. The number of halogens is 1. The quantitative estimate of drug-likeness (QED) is 0.264. The first-order chi connectivity index (χ1) is 17.4. The monoisotopic (exact) mass is 550 g/mol. The van der Waals surface area contributed by atoms with Crippen LogP contribution in [0.2, 0.25) is 5.02 Å². The van der Waals surface area contributed by atoms with Crippen molar-refractivity contribution >= 4 is 21.7 Å². The molecule has 37 heavy (non-hydrogen) atoms. The van der Waals surface area contributed by atoms with Gasteiger partial charge in [-0.05, 0) is 42.7 Å². The molecule has 0 saturated carbocycles. The summed E-state index contributed by atoms with van der Waals surface area (Å²) in [5.41, 5.74) is 1.94. The first-order valence-corrected chi connectivity index (χ1v) is 13.5. The Hall–Kier alpha value is -2.92. The number of nitrogens with one attached hydrogen (secondary N) is 1. The van der Waals surface area contributed by atoms with E-state index in [1.165, 1.54) is 6.07 Å². The molecule has 0 aliphatic heterocycles. The molecule has 2 aromatic carbocycles. The SMILES string of the molecule is Cc1ccc(S(=O)(=O)O)c(CCOCCOc2ccc(COc3c(C(C)(C)C)n[nH]c(=O)c3Cl)cc2)c1. The van der Waals surface area contributed by atoms with Crippen LogP contribution in [0.25, 0.3) is 0 Å². The van der Waals surface area contributed by atoms with Crippen LogP contribution in [0.4, 0.5) is 0 Å². The molecule has 3 aromatic rings. The zero-order valence-electron chi connectivity index (χ0n) is 21.2. The van der Waals surface area contributed by atoms with Gasteiger partial charge in [-0.1, -0.05) is 62.2 Å². The molecule has 0 bridgehead atoms. The van der Waals surface area contributed by atoms with Gasteiger partial charge in [0.25, 0.3) is 15.7 Å². The van der Waals surface area contributed by atoms with E-state index in [0.717, 1.165) is 11.1 Å². The highest BCUT2D eigenvalue weighted by atomic mass is 35.5. The summed E-state index contributed by atoms with van der Waals surface area (Å²) >= 11 is 6.18. The van der Waals surface area contributed by atoms with Gasteiger partial charge >= 0.3 is 0 Å². The maximum absolute atomic E-state index is 11.9. The second kappa shape index (κ2) is 12.1. The third kappa shape index (κ3) is 8.03. The Bertz CT molecular complexity index is 1380. The van der Waals surface area contributed by atoms with E-state index < -0.39 is 15.7 Å². The van der Waals surface area contributed by atoms with Crippen molar-refractivity contribution in [1.29, 1.82) is 0 Å². The zero-order chi connectivity index (χ0) is 27.2. The van der Waals surface area contributed by atoms with Crippen molar-refractivity contribution in [3.8, 4) is 11.5 Å². The molecule has 2 N–H and O–H groups in total. The minimum absolute atomic E-state index is 0.0310. The third-order valence-corrected chi connectivity index (χ3v) is 6.70. The van der Waals surface area contributed by atoms with Gasteiger partial charge in [-0.3, -0.25) is 9.35 Å². The maximum Gasteiger partial charge on any atom is 0.294 e. The average molecular weight is 551 g/mol. The Kier molecular flexibility index (Phi) is 9.36. The molecule has 0 fully saturated rings. The van der Waals surface area contributed by atoms with Crippen LogP contribution in [0, 0.1) is 6.92 Å². The van der Waals surface area contributed by atoms with Crippen molar-refractivity contribution in [3.05, 3.63) is 80.2 Å². The van der Waals surface area contributed by atoms with Gasteiger partial charge in [0.05, 0.1) is 18.1 Å². The fraction of sp³-hybridized carbons (Fsp3) is 0.385. The second-order valence-corrected chi connectivity index (χ2v) is 11.3. The van der Waals surface area contributed by atoms with Gasteiger partial charge in [-0.25, -0.2) is 5.10 Å². The molecule has 0 aliphatic rings. The fourth-order valence-electron chi connectivity index (χ4n) is 3.55. The van der Waals surface area contributed by atoms with Crippen LogP contribution in [0.5, 0.6) is 11.5 Å². The standard InChI is InChI=1S/C26H31ClN2O7S/c1-17-5-10-21(37(31,32)33)19(15-17)11-12-34-13-14-35-20-8-6-18(7-9-20)16-36-23-22(27)25(30)29-28-24(23)26(2,3)4/h5-10,15H,11-14,16H2,1-4H3,(H,29,30)(H,31,32,33). The van der Waals surface area contributed by atoms with Crippen molar-refractivity contribution in [1.82, 2.24) is 10.2 Å². The minimum atomic E-state index is -4.28. The van der Waals surface area contributed by atoms with Gasteiger partial charge in [0.15, 0.2) is 10.8 Å². The number of hydrogen-bond acceptors (Lipinski definition) is 7. The highest BCUT2D eigenvalue weighted by Gasteiger charge is 2.25. The van der Waals surface area contributed by atoms with E-state index in [4.69, 9.17) is 25.8 Å². The van der Waals surface area contributed by atoms with Gasteiger partial charge in [0.1, 0.15) is 24.7 Å². The molecule has 1 heterocycles.